The summed E-state index contributed by atoms with van der Waals surface area (Å²) in [5, 5.41) is 1.73. The SMILES string of the molecule is C[Si](C)(CC12C3=CCC4=C1C1C5=C6C(=C7C=CC8C9CCC%10C%11CCC3C3C%11C%11C%10C9C9C8C7=C6C6C1C(C%11C69)C32)C=CC45)c1ccccc1. The highest BCUT2D eigenvalue weighted by Gasteiger charge is 2.86. The number of fused-ring (bicyclic) bond motifs is 4. The maximum atomic E-state index is 3.01. The van der Waals surface area contributed by atoms with E-state index < -0.39 is 8.07 Å². The van der Waals surface area contributed by atoms with Gasteiger partial charge in [-0.1, -0.05) is 95.7 Å². The molecule has 0 radical (unpaired) electrons. The van der Waals surface area contributed by atoms with Crippen molar-refractivity contribution >= 4 is 13.3 Å². The molecule has 0 aromatic heterocycles. The second kappa shape index (κ2) is 7.26. The van der Waals surface area contributed by atoms with E-state index in [9.17, 15) is 0 Å². The van der Waals surface area contributed by atoms with E-state index in [1.165, 1.54) is 12.5 Å². The minimum atomic E-state index is -1.76. The topological polar surface area (TPSA) is 0 Å². The molecule has 17 rings (SSSR count). The molecule has 16 aliphatic rings. The summed E-state index contributed by atoms with van der Waals surface area (Å²) >= 11 is 0. The highest BCUT2D eigenvalue weighted by Crippen LogP contribution is 2.91. The summed E-state index contributed by atoms with van der Waals surface area (Å²) in [6.45, 7) is 5.62. The third-order valence-corrected chi connectivity index (χ3v) is 25.1. The summed E-state index contributed by atoms with van der Waals surface area (Å²) in [5.41, 5.74) is 17.9. The molecule has 0 spiro atoms. The van der Waals surface area contributed by atoms with Crippen LogP contribution in [0.15, 0.2) is 111 Å². The molecule has 248 valence electrons. The van der Waals surface area contributed by atoms with E-state index in [0.29, 0.717) is 11.3 Å². The maximum absolute atomic E-state index is 3.01. The summed E-state index contributed by atoms with van der Waals surface area (Å²) in [4.78, 5) is 0. The van der Waals surface area contributed by atoms with Crippen LogP contribution in [0, 0.1) is 124 Å². The molecule has 9 saturated carbocycles. The van der Waals surface area contributed by atoms with Crippen LogP contribution in [0.5, 0.6) is 0 Å². The van der Waals surface area contributed by atoms with Crippen LogP contribution in [0.3, 0.4) is 0 Å². The van der Waals surface area contributed by atoms with E-state index in [-0.39, 0.29) is 0 Å². The van der Waals surface area contributed by atoms with Gasteiger partial charge in [0.2, 0.25) is 0 Å². The van der Waals surface area contributed by atoms with Gasteiger partial charge in [0.15, 0.2) is 0 Å². The molecular formula is C49H48Si. The van der Waals surface area contributed by atoms with Crippen molar-refractivity contribution in [2.75, 3.05) is 0 Å². The second-order valence-corrected chi connectivity index (χ2v) is 26.7. The normalized spacial score (nSPS) is 60.0. The molecule has 0 amide bonds. The van der Waals surface area contributed by atoms with Gasteiger partial charge < -0.3 is 0 Å². The van der Waals surface area contributed by atoms with Crippen LogP contribution >= 0.6 is 0 Å². The predicted molar refractivity (Wildman–Crippen MR) is 198 cm³/mol. The average molecular weight is 665 g/mol. The van der Waals surface area contributed by atoms with Crippen molar-refractivity contribution < 1.29 is 0 Å². The lowest BCUT2D eigenvalue weighted by Crippen LogP contribution is -2.60. The lowest BCUT2D eigenvalue weighted by molar-refractivity contribution is -0.132. The van der Waals surface area contributed by atoms with Crippen LogP contribution in [0.25, 0.3) is 0 Å². The molecule has 21 atom stereocenters. The molecule has 9 fully saturated rings. The minimum absolute atomic E-state index is 0.365. The average Bonchev–Trinajstić information content (AvgIpc) is 3.95. The van der Waals surface area contributed by atoms with Crippen molar-refractivity contribution in [1.82, 2.24) is 0 Å². The van der Waals surface area contributed by atoms with Crippen molar-refractivity contribution in [1.29, 1.82) is 0 Å². The Hall–Kier alpha value is -2.38. The van der Waals surface area contributed by atoms with Crippen LogP contribution in [0.4, 0.5) is 0 Å². The zero-order valence-corrected chi connectivity index (χ0v) is 30.6. The van der Waals surface area contributed by atoms with Crippen molar-refractivity contribution in [3.8, 4) is 0 Å². The monoisotopic (exact) mass is 664 g/mol. The number of benzene rings is 1. The van der Waals surface area contributed by atoms with Crippen LogP contribution in [-0.2, 0) is 0 Å². The highest BCUT2D eigenvalue weighted by atomic mass is 28.3. The van der Waals surface area contributed by atoms with E-state index in [2.05, 4.69) is 85.0 Å². The molecule has 0 N–H and O–H groups in total. The maximum Gasteiger partial charge on any atom is 0.0818 e. The van der Waals surface area contributed by atoms with E-state index >= 15 is 0 Å². The molecule has 0 bridgehead atoms. The van der Waals surface area contributed by atoms with Crippen molar-refractivity contribution in [3.63, 3.8) is 0 Å². The fourth-order valence-electron chi connectivity index (χ4n) is 22.2. The first-order chi connectivity index (χ1) is 24.6. The lowest BCUT2D eigenvalue weighted by atomic mass is 9.42. The van der Waals surface area contributed by atoms with E-state index in [4.69, 9.17) is 0 Å². The van der Waals surface area contributed by atoms with Crippen LogP contribution in [0.1, 0.15) is 32.1 Å². The fraction of sp³-hybridized carbons (Fsp3) is 0.592. The summed E-state index contributed by atoms with van der Waals surface area (Å²) in [6, 6.07) is 13.6. The van der Waals surface area contributed by atoms with Gasteiger partial charge in [-0.2, -0.15) is 0 Å². The van der Waals surface area contributed by atoms with Crippen LogP contribution in [0.2, 0.25) is 19.1 Å². The summed E-state index contributed by atoms with van der Waals surface area (Å²) < 4.78 is 0. The highest BCUT2D eigenvalue weighted by molar-refractivity contribution is 6.90. The molecule has 0 heterocycles. The van der Waals surface area contributed by atoms with Gasteiger partial charge in [-0.25, -0.2) is 0 Å². The van der Waals surface area contributed by atoms with Gasteiger partial charge in [-0.3, -0.25) is 0 Å². The summed E-state index contributed by atoms with van der Waals surface area (Å²) in [6.07, 6.45) is 21.7. The molecule has 1 heteroatoms. The quantitative estimate of drug-likeness (QED) is 0.223. The van der Waals surface area contributed by atoms with Gasteiger partial charge >= 0.3 is 0 Å². The fourth-order valence-corrected chi connectivity index (χ4v) is 25.6. The second-order valence-electron chi connectivity index (χ2n) is 22.0. The Morgan fingerprint density at radius 3 is 2.36 bits per heavy atom. The lowest BCUT2D eigenvalue weighted by Gasteiger charge is -2.63. The number of hydrogen-bond acceptors (Lipinski definition) is 0. The van der Waals surface area contributed by atoms with Gasteiger partial charge in [0.25, 0.3) is 0 Å². The molecule has 0 nitrogen and oxygen atoms in total. The molecule has 50 heavy (non-hydrogen) atoms. The van der Waals surface area contributed by atoms with Gasteiger partial charge in [0.1, 0.15) is 0 Å². The van der Waals surface area contributed by atoms with Crippen LogP contribution in [-0.4, -0.2) is 8.07 Å². The van der Waals surface area contributed by atoms with Gasteiger partial charge in [0, 0.05) is 17.3 Å². The summed E-state index contributed by atoms with van der Waals surface area (Å²) in [7, 11) is -1.76. The Morgan fingerprint density at radius 1 is 0.700 bits per heavy atom. The first kappa shape index (κ1) is 25.6. The zero-order chi connectivity index (χ0) is 31.6. The molecule has 16 aliphatic carbocycles. The minimum Gasteiger partial charge on any atom is -0.0800 e. The Labute approximate surface area is 298 Å². The Balaban J connectivity index is 1.04. The zero-order valence-electron chi connectivity index (χ0n) is 29.6. The smallest absolute Gasteiger partial charge is 0.0800 e. The Kier molecular flexibility index (Phi) is 3.71. The first-order valence-corrected chi connectivity index (χ1v) is 24.9. The first-order valence-electron chi connectivity index (χ1n) is 21.7. The van der Waals surface area contributed by atoms with Crippen molar-refractivity contribution in [2.24, 2.45) is 124 Å². The number of hydrogen-bond donors (Lipinski definition) is 0. The van der Waals surface area contributed by atoms with E-state index in [1.54, 1.807) is 42.0 Å². The molecule has 21 unspecified atom stereocenters. The van der Waals surface area contributed by atoms with Gasteiger partial charge in [-0.15, -0.1) is 0 Å². The van der Waals surface area contributed by atoms with E-state index in [1.807, 2.05) is 27.9 Å². The molecule has 1 aromatic carbocycles. The van der Waals surface area contributed by atoms with Crippen molar-refractivity contribution in [3.05, 3.63) is 111 Å². The Morgan fingerprint density at radius 2 is 1.46 bits per heavy atom. The number of rotatable bonds is 3. The van der Waals surface area contributed by atoms with Crippen LogP contribution < -0.4 is 5.19 Å². The summed E-state index contributed by atoms with van der Waals surface area (Å²) in [5.74, 6) is 19.4. The van der Waals surface area contributed by atoms with Gasteiger partial charge in [0.05, 0.1) is 8.07 Å². The number of allylic oxidation sites excluding steroid dienone is 14. The predicted octanol–water partition coefficient (Wildman–Crippen LogP) is 9.31. The standard InChI is InChI=1S/C49H48Si/c1-50(2,19-6-4-3-5-7-19)18-49-29-17-16-27-26-13-12-23-22-9-8-20-21-10-11-24-25-14-15-28(29)37-36(25)40-33(24)32(21)38-30(20)31(22)39-34(23)35(26)45(47(27)49)44-42(39)41(38)43(40)46(44)48(37)49/h3-9,12-13,17,20-21,24-26,28,30,32-33,36-38,40-46,48H,10-11,14-16,18H2,1-2H3. The van der Waals surface area contributed by atoms with Gasteiger partial charge in [-0.05, 0) is 178 Å². The Bertz CT molecular complexity index is 2250. The largest absolute Gasteiger partial charge is 0.0818 e. The molecular weight excluding hydrogens is 617 g/mol. The van der Waals surface area contributed by atoms with E-state index in [0.717, 1.165) is 112 Å². The molecule has 1 aromatic rings. The molecule has 0 saturated heterocycles. The van der Waals surface area contributed by atoms with Crippen molar-refractivity contribution in [2.45, 2.75) is 51.2 Å². The third-order valence-electron chi connectivity index (χ3n) is 21.7. The molecule has 0 aliphatic heterocycles. The third kappa shape index (κ3) is 2.09.